The first-order valence-corrected chi connectivity index (χ1v) is 11.5. The van der Waals surface area contributed by atoms with Gasteiger partial charge in [0.2, 0.25) is 0 Å². The van der Waals surface area contributed by atoms with Gasteiger partial charge in [-0.25, -0.2) is 0 Å². The van der Waals surface area contributed by atoms with E-state index in [9.17, 15) is 4.79 Å². The van der Waals surface area contributed by atoms with E-state index in [4.69, 9.17) is 9.47 Å². The second kappa shape index (κ2) is 10.4. The highest BCUT2D eigenvalue weighted by Crippen LogP contribution is 2.33. The average molecular weight is 423 g/mol. The predicted octanol–water partition coefficient (Wildman–Crippen LogP) is 4.31. The number of aldehydes is 1. The first-order valence-electron chi connectivity index (χ1n) is 11.5. The van der Waals surface area contributed by atoms with E-state index in [1.807, 2.05) is 6.07 Å². The number of carbonyl (C=O) groups is 1. The molecule has 4 rings (SSSR count). The largest absolute Gasteiger partial charge is 0.381 e. The van der Waals surface area contributed by atoms with E-state index in [0.29, 0.717) is 6.04 Å². The van der Waals surface area contributed by atoms with Crippen LogP contribution in [0.1, 0.15) is 41.3 Å². The quantitative estimate of drug-likeness (QED) is 0.622. The molecule has 0 bridgehead atoms. The predicted molar refractivity (Wildman–Crippen MR) is 125 cm³/mol. The standard InChI is InChI=1S/C26H34N2O3/c1-3-28(25-8-12-30-13-9-25)26-17-23(16-24(19-29)20(26)2)22-6-4-21(5-7-22)18-27-10-14-31-15-11-27/h4-7,16-17,19,25H,3,8-15,18H2,1-2H3. The van der Waals surface area contributed by atoms with E-state index in [1.54, 1.807) is 0 Å². The van der Waals surface area contributed by atoms with E-state index >= 15 is 0 Å². The molecule has 0 radical (unpaired) electrons. The lowest BCUT2D eigenvalue weighted by molar-refractivity contribution is 0.0342. The molecule has 2 aliphatic rings. The van der Waals surface area contributed by atoms with Crippen LogP contribution in [0.5, 0.6) is 0 Å². The van der Waals surface area contributed by atoms with Crippen molar-refractivity contribution >= 4 is 12.0 Å². The lowest BCUT2D eigenvalue weighted by Crippen LogP contribution is -2.40. The number of rotatable bonds is 7. The Labute approximate surface area is 185 Å². The van der Waals surface area contributed by atoms with Crippen molar-refractivity contribution in [3.8, 4) is 11.1 Å². The fourth-order valence-corrected chi connectivity index (χ4v) is 4.75. The second-order valence-electron chi connectivity index (χ2n) is 8.54. The van der Waals surface area contributed by atoms with E-state index in [2.05, 4.69) is 54.0 Å². The molecule has 31 heavy (non-hydrogen) atoms. The molecule has 2 aliphatic heterocycles. The van der Waals surface area contributed by atoms with Crippen molar-refractivity contribution in [2.24, 2.45) is 0 Å². The van der Waals surface area contributed by atoms with E-state index in [1.165, 1.54) is 11.3 Å². The Kier molecular flexibility index (Phi) is 7.38. The molecular formula is C26H34N2O3. The van der Waals surface area contributed by atoms with Crippen LogP contribution in [0.25, 0.3) is 11.1 Å². The van der Waals surface area contributed by atoms with Gasteiger partial charge in [-0.15, -0.1) is 0 Å². The molecule has 2 aromatic carbocycles. The Balaban J connectivity index is 1.60. The summed E-state index contributed by atoms with van der Waals surface area (Å²) in [5.74, 6) is 0. The van der Waals surface area contributed by atoms with Crippen molar-refractivity contribution in [1.82, 2.24) is 4.90 Å². The summed E-state index contributed by atoms with van der Waals surface area (Å²) in [5, 5.41) is 0. The summed E-state index contributed by atoms with van der Waals surface area (Å²) in [7, 11) is 0. The number of morpholine rings is 1. The minimum absolute atomic E-state index is 0.461. The Hall–Kier alpha value is -2.21. The molecule has 2 saturated heterocycles. The average Bonchev–Trinajstić information content (AvgIpc) is 2.82. The van der Waals surface area contributed by atoms with Crippen molar-refractivity contribution in [2.75, 3.05) is 51.0 Å². The van der Waals surface area contributed by atoms with Gasteiger partial charge in [0.1, 0.15) is 6.29 Å². The van der Waals surface area contributed by atoms with Crippen LogP contribution in [-0.2, 0) is 16.0 Å². The van der Waals surface area contributed by atoms with Crippen molar-refractivity contribution in [2.45, 2.75) is 39.3 Å². The minimum Gasteiger partial charge on any atom is -0.381 e. The third-order valence-corrected chi connectivity index (χ3v) is 6.63. The van der Waals surface area contributed by atoms with Crippen molar-refractivity contribution in [3.63, 3.8) is 0 Å². The van der Waals surface area contributed by atoms with Crippen LogP contribution in [0.3, 0.4) is 0 Å². The summed E-state index contributed by atoms with van der Waals surface area (Å²) >= 11 is 0. The van der Waals surface area contributed by atoms with Crippen LogP contribution in [0, 0.1) is 6.92 Å². The fraction of sp³-hybridized carbons (Fsp3) is 0.500. The summed E-state index contributed by atoms with van der Waals surface area (Å²) in [4.78, 5) is 16.8. The molecule has 0 unspecified atom stereocenters. The summed E-state index contributed by atoms with van der Waals surface area (Å²) in [6.07, 6.45) is 3.06. The molecule has 0 aromatic heterocycles. The number of hydrogen-bond acceptors (Lipinski definition) is 5. The van der Waals surface area contributed by atoms with Crippen LogP contribution in [0.4, 0.5) is 5.69 Å². The summed E-state index contributed by atoms with van der Waals surface area (Å²) in [5.41, 5.74) is 6.58. The molecule has 0 saturated carbocycles. The smallest absolute Gasteiger partial charge is 0.150 e. The normalized spacial score (nSPS) is 18.1. The van der Waals surface area contributed by atoms with E-state index < -0.39 is 0 Å². The zero-order valence-corrected chi connectivity index (χ0v) is 18.8. The Morgan fingerprint density at radius 2 is 1.68 bits per heavy atom. The first-order chi connectivity index (χ1) is 15.2. The van der Waals surface area contributed by atoms with Gasteiger partial charge in [-0.05, 0) is 61.1 Å². The lowest BCUT2D eigenvalue weighted by Gasteiger charge is -2.36. The van der Waals surface area contributed by atoms with Crippen LogP contribution < -0.4 is 4.90 Å². The highest BCUT2D eigenvalue weighted by Gasteiger charge is 2.23. The molecule has 2 heterocycles. The summed E-state index contributed by atoms with van der Waals surface area (Å²) in [6.45, 7) is 11.4. The molecule has 166 valence electrons. The van der Waals surface area contributed by atoms with Gasteiger partial charge in [0, 0.05) is 56.7 Å². The summed E-state index contributed by atoms with van der Waals surface area (Å²) in [6, 6.07) is 13.5. The summed E-state index contributed by atoms with van der Waals surface area (Å²) < 4.78 is 11.0. The Morgan fingerprint density at radius 1 is 1.00 bits per heavy atom. The number of hydrogen-bond donors (Lipinski definition) is 0. The number of carbonyl (C=O) groups excluding carboxylic acids is 1. The number of anilines is 1. The van der Waals surface area contributed by atoms with Gasteiger partial charge in [0.25, 0.3) is 0 Å². The fourth-order valence-electron chi connectivity index (χ4n) is 4.75. The number of benzene rings is 2. The molecule has 5 heteroatoms. The minimum atomic E-state index is 0.461. The Bertz CT molecular complexity index is 869. The maximum absolute atomic E-state index is 11.9. The van der Waals surface area contributed by atoms with Gasteiger partial charge in [0.15, 0.2) is 0 Å². The Morgan fingerprint density at radius 3 is 2.32 bits per heavy atom. The third-order valence-electron chi connectivity index (χ3n) is 6.63. The number of ether oxygens (including phenoxy) is 2. The second-order valence-corrected chi connectivity index (χ2v) is 8.54. The molecule has 2 fully saturated rings. The molecular weight excluding hydrogens is 388 g/mol. The van der Waals surface area contributed by atoms with Gasteiger partial charge < -0.3 is 14.4 Å². The van der Waals surface area contributed by atoms with Crippen LogP contribution in [0.2, 0.25) is 0 Å². The van der Waals surface area contributed by atoms with Crippen molar-refractivity contribution < 1.29 is 14.3 Å². The van der Waals surface area contributed by atoms with Gasteiger partial charge in [0.05, 0.1) is 13.2 Å². The van der Waals surface area contributed by atoms with Crippen molar-refractivity contribution in [3.05, 3.63) is 53.1 Å². The maximum atomic E-state index is 11.9. The van der Waals surface area contributed by atoms with Crippen LogP contribution in [0.15, 0.2) is 36.4 Å². The number of nitrogens with zero attached hydrogens (tertiary/aromatic N) is 2. The molecule has 5 nitrogen and oxygen atoms in total. The topological polar surface area (TPSA) is 42.0 Å². The zero-order valence-electron chi connectivity index (χ0n) is 18.8. The van der Waals surface area contributed by atoms with E-state index in [0.717, 1.165) is 94.0 Å². The SMILES string of the molecule is CCN(c1cc(-c2ccc(CN3CCOCC3)cc2)cc(C=O)c1C)C1CCOCC1. The zero-order chi connectivity index (χ0) is 21.6. The molecule has 0 N–H and O–H groups in total. The molecule has 0 atom stereocenters. The molecule has 0 aliphatic carbocycles. The van der Waals surface area contributed by atoms with Gasteiger partial charge in [-0.2, -0.15) is 0 Å². The maximum Gasteiger partial charge on any atom is 0.150 e. The van der Waals surface area contributed by atoms with Gasteiger partial charge in [-0.1, -0.05) is 24.3 Å². The molecule has 0 spiro atoms. The lowest BCUT2D eigenvalue weighted by atomic mass is 9.95. The molecule has 0 amide bonds. The molecule has 2 aromatic rings. The van der Waals surface area contributed by atoms with Gasteiger partial charge in [-0.3, -0.25) is 9.69 Å². The van der Waals surface area contributed by atoms with E-state index in [-0.39, 0.29) is 0 Å². The first kappa shape index (κ1) is 22.0. The van der Waals surface area contributed by atoms with Gasteiger partial charge >= 0.3 is 0 Å². The van der Waals surface area contributed by atoms with Crippen LogP contribution in [-0.4, -0.2) is 63.3 Å². The van der Waals surface area contributed by atoms with Crippen LogP contribution >= 0.6 is 0 Å². The monoisotopic (exact) mass is 422 g/mol. The van der Waals surface area contributed by atoms with Crippen molar-refractivity contribution in [1.29, 1.82) is 0 Å². The highest BCUT2D eigenvalue weighted by atomic mass is 16.5. The third kappa shape index (κ3) is 5.17. The highest BCUT2D eigenvalue weighted by molar-refractivity contribution is 5.85.